The van der Waals surface area contributed by atoms with E-state index in [0.717, 1.165) is 0 Å². The van der Waals surface area contributed by atoms with Crippen LogP contribution in [0.15, 0.2) is 21.4 Å². The molecule has 0 aromatic carbocycles. The Balaban J connectivity index is 2.13. The van der Waals surface area contributed by atoms with Crippen LogP contribution in [-0.4, -0.2) is 22.3 Å². The van der Waals surface area contributed by atoms with E-state index in [2.05, 4.69) is 24.1 Å². The zero-order valence-electron chi connectivity index (χ0n) is 9.09. The van der Waals surface area contributed by atoms with Gasteiger partial charge in [0, 0.05) is 0 Å². The van der Waals surface area contributed by atoms with Crippen molar-refractivity contribution in [2.45, 2.75) is 13.8 Å². The van der Waals surface area contributed by atoms with Crippen LogP contribution in [0, 0.1) is 13.8 Å². The molecule has 0 radical (unpaired) electrons. The largest absolute Gasteiger partial charge is 0.385 e. The summed E-state index contributed by atoms with van der Waals surface area (Å²) < 4.78 is 14.0. The van der Waals surface area contributed by atoms with Crippen LogP contribution in [0.2, 0.25) is 0 Å². The molecule has 0 saturated heterocycles. The molecule has 2 rings (SSSR count). The first kappa shape index (κ1) is 11.1. The zero-order valence-corrected chi connectivity index (χ0v) is 9.09. The van der Waals surface area contributed by atoms with Crippen LogP contribution in [0.1, 0.15) is 32.2 Å². The van der Waals surface area contributed by atoms with Gasteiger partial charge in [-0.1, -0.05) is 10.3 Å². The lowest BCUT2D eigenvalue weighted by Crippen LogP contribution is -2.13. The molecule has 0 N–H and O–H groups in total. The summed E-state index contributed by atoms with van der Waals surface area (Å²) >= 11 is 0. The summed E-state index contributed by atoms with van der Waals surface area (Å²) in [6.45, 7) is 3.08. The van der Waals surface area contributed by atoms with E-state index < -0.39 is 11.9 Å². The van der Waals surface area contributed by atoms with Gasteiger partial charge >= 0.3 is 11.9 Å². The van der Waals surface area contributed by atoms with Crippen LogP contribution < -0.4 is 0 Å². The predicted molar refractivity (Wildman–Crippen MR) is 52.2 cm³/mol. The first-order valence-electron chi connectivity index (χ1n) is 4.68. The van der Waals surface area contributed by atoms with Crippen LogP contribution in [0.5, 0.6) is 0 Å². The summed E-state index contributed by atoms with van der Waals surface area (Å²) in [6.07, 6.45) is 2.37. The molecule has 17 heavy (non-hydrogen) atoms. The number of esters is 2. The van der Waals surface area contributed by atoms with Crippen LogP contribution in [0.4, 0.5) is 0 Å². The van der Waals surface area contributed by atoms with Crippen LogP contribution in [0.25, 0.3) is 0 Å². The summed E-state index contributed by atoms with van der Waals surface area (Å²) in [7, 11) is 0. The van der Waals surface area contributed by atoms with E-state index in [0.29, 0.717) is 0 Å². The maximum Gasteiger partial charge on any atom is 0.351 e. The minimum atomic E-state index is -0.825. The molecule has 0 atom stereocenters. The monoisotopic (exact) mass is 236 g/mol. The Morgan fingerprint density at radius 3 is 1.71 bits per heavy atom. The lowest BCUT2D eigenvalue weighted by atomic mass is 10.2. The maximum atomic E-state index is 11.5. The van der Waals surface area contributed by atoms with Crippen molar-refractivity contribution in [3.63, 3.8) is 0 Å². The van der Waals surface area contributed by atoms with Gasteiger partial charge < -0.3 is 13.8 Å². The average Bonchev–Trinajstić information content (AvgIpc) is 2.86. The quantitative estimate of drug-likeness (QED) is 0.572. The Labute approximate surface area is 95.3 Å². The van der Waals surface area contributed by atoms with Gasteiger partial charge in [0.25, 0.3) is 0 Å². The van der Waals surface area contributed by atoms with Crippen LogP contribution in [0.3, 0.4) is 0 Å². The Morgan fingerprint density at radius 2 is 1.41 bits per heavy atom. The molecule has 2 aromatic heterocycles. The highest BCUT2D eigenvalue weighted by molar-refractivity contribution is 6.03. The van der Waals surface area contributed by atoms with Crippen molar-refractivity contribution in [3.8, 4) is 0 Å². The number of nitrogens with zero attached hydrogens (tertiary/aromatic N) is 2. The molecule has 2 heterocycles. The van der Waals surface area contributed by atoms with Crippen molar-refractivity contribution in [3.05, 3.63) is 35.0 Å². The van der Waals surface area contributed by atoms with E-state index in [1.54, 1.807) is 13.8 Å². The first-order chi connectivity index (χ1) is 8.09. The van der Waals surface area contributed by atoms with Gasteiger partial charge in [-0.2, -0.15) is 0 Å². The molecule has 0 aliphatic heterocycles. The van der Waals surface area contributed by atoms with E-state index in [1.807, 2.05) is 0 Å². The molecular formula is C10H8N2O5. The molecule has 0 fully saturated rings. The zero-order chi connectivity index (χ0) is 12.4. The molecular weight excluding hydrogens is 228 g/mol. The topological polar surface area (TPSA) is 95.4 Å². The van der Waals surface area contributed by atoms with Crippen molar-refractivity contribution < 1.29 is 23.4 Å². The van der Waals surface area contributed by atoms with Gasteiger partial charge in [0.2, 0.25) is 0 Å². The SMILES string of the molecule is Cc1oncc1C(=O)OC(=O)c1cnoc1C. The Bertz CT molecular complexity index is 519. The number of carbonyl (C=O) groups excluding carboxylic acids is 2. The molecule has 2 aromatic rings. The molecule has 0 amide bonds. The van der Waals surface area contributed by atoms with E-state index in [1.165, 1.54) is 12.4 Å². The highest BCUT2D eigenvalue weighted by atomic mass is 16.6. The molecule has 0 saturated carbocycles. The highest BCUT2D eigenvalue weighted by Crippen LogP contribution is 2.12. The average molecular weight is 236 g/mol. The first-order valence-corrected chi connectivity index (χ1v) is 4.68. The van der Waals surface area contributed by atoms with E-state index in [-0.39, 0.29) is 22.6 Å². The van der Waals surface area contributed by atoms with Gasteiger partial charge in [-0.15, -0.1) is 0 Å². The van der Waals surface area contributed by atoms with Gasteiger partial charge in [0.15, 0.2) is 0 Å². The molecule has 0 bridgehead atoms. The minimum absolute atomic E-state index is 0.104. The van der Waals surface area contributed by atoms with E-state index in [4.69, 9.17) is 0 Å². The number of aromatic nitrogens is 2. The van der Waals surface area contributed by atoms with Gasteiger partial charge in [0.1, 0.15) is 22.6 Å². The molecule has 7 heteroatoms. The molecule has 0 unspecified atom stereocenters. The van der Waals surface area contributed by atoms with Gasteiger partial charge in [-0.3, -0.25) is 0 Å². The van der Waals surface area contributed by atoms with Crippen LogP contribution in [-0.2, 0) is 4.74 Å². The normalized spacial score (nSPS) is 10.2. The summed E-state index contributed by atoms with van der Waals surface area (Å²) in [5.74, 6) is -1.08. The Hall–Kier alpha value is -2.44. The standard InChI is InChI=1S/C10H8N2O5/c1-5-7(3-11-16-5)9(13)15-10(14)8-4-12-17-6(8)2/h3-4H,1-2H3. The number of aryl methyl sites for hydroxylation is 2. The van der Waals surface area contributed by atoms with E-state index in [9.17, 15) is 9.59 Å². The highest BCUT2D eigenvalue weighted by Gasteiger charge is 2.21. The maximum absolute atomic E-state index is 11.5. The molecule has 0 spiro atoms. The lowest BCUT2D eigenvalue weighted by Gasteiger charge is -1.99. The van der Waals surface area contributed by atoms with Crippen molar-refractivity contribution in [2.75, 3.05) is 0 Å². The molecule has 7 nitrogen and oxygen atoms in total. The molecule has 0 aliphatic carbocycles. The third-order valence-corrected chi connectivity index (χ3v) is 2.13. The fourth-order valence-corrected chi connectivity index (χ4v) is 1.18. The molecule has 88 valence electrons. The Kier molecular flexibility index (Phi) is 2.73. The van der Waals surface area contributed by atoms with E-state index >= 15 is 0 Å². The number of ether oxygens (including phenoxy) is 1. The fraction of sp³-hybridized carbons (Fsp3) is 0.200. The second-order valence-corrected chi connectivity index (χ2v) is 3.27. The van der Waals surface area contributed by atoms with Crippen molar-refractivity contribution in [1.82, 2.24) is 10.3 Å². The lowest BCUT2D eigenvalue weighted by molar-refractivity contribution is 0.0396. The third-order valence-electron chi connectivity index (χ3n) is 2.13. The predicted octanol–water partition coefficient (Wildman–Crippen LogP) is 1.28. The number of hydrogen-bond donors (Lipinski definition) is 0. The van der Waals surface area contributed by atoms with Crippen molar-refractivity contribution >= 4 is 11.9 Å². The number of carbonyl (C=O) groups is 2. The number of rotatable bonds is 2. The second-order valence-electron chi connectivity index (χ2n) is 3.27. The van der Waals surface area contributed by atoms with Gasteiger partial charge in [-0.25, -0.2) is 9.59 Å². The van der Waals surface area contributed by atoms with Crippen molar-refractivity contribution in [1.29, 1.82) is 0 Å². The third kappa shape index (κ3) is 2.07. The minimum Gasteiger partial charge on any atom is -0.385 e. The molecule has 0 aliphatic rings. The Morgan fingerprint density at radius 1 is 1.00 bits per heavy atom. The van der Waals surface area contributed by atoms with Gasteiger partial charge in [-0.05, 0) is 13.8 Å². The smallest absolute Gasteiger partial charge is 0.351 e. The summed E-state index contributed by atoms with van der Waals surface area (Å²) in [5.41, 5.74) is 0.208. The van der Waals surface area contributed by atoms with Gasteiger partial charge in [0.05, 0.1) is 12.4 Å². The van der Waals surface area contributed by atoms with Crippen molar-refractivity contribution in [2.24, 2.45) is 0 Å². The summed E-state index contributed by atoms with van der Waals surface area (Å²) in [5, 5.41) is 6.82. The number of hydrogen-bond acceptors (Lipinski definition) is 7. The second kappa shape index (κ2) is 4.20. The summed E-state index contributed by atoms with van der Waals surface area (Å²) in [6, 6.07) is 0. The fourth-order valence-electron chi connectivity index (χ4n) is 1.18. The summed E-state index contributed by atoms with van der Waals surface area (Å²) in [4.78, 5) is 23.1. The van der Waals surface area contributed by atoms with Crippen LogP contribution >= 0.6 is 0 Å².